The summed E-state index contributed by atoms with van der Waals surface area (Å²) in [7, 11) is -0.860. The summed E-state index contributed by atoms with van der Waals surface area (Å²) < 4.78 is 24.0. The largest absolute Gasteiger partial charge is 0.489 e. The first-order valence-corrected chi connectivity index (χ1v) is 6.75. The molecular formula is C12H22B2O4. The van der Waals surface area contributed by atoms with Crippen LogP contribution in [0.1, 0.15) is 48.5 Å². The number of fused-ring (bicyclic) bond motifs is 1. The molecule has 3 aliphatic rings. The average molecular weight is 252 g/mol. The molecule has 2 unspecified atom stereocenters. The highest BCUT2D eigenvalue weighted by molar-refractivity contribution is 7.11. The van der Waals surface area contributed by atoms with Gasteiger partial charge in [0.2, 0.25) is 0 Å². The van der Waals surface area contributed by atoms with Crippen molar-refractivity contribution in [1.82, 2.24) is 0 Å². The summed E-state index contributed by atoms with van der Waals surface area (Å²) in [6.45, 7) is 14.5. The van der Waals surface area contributed by atoms with Crippen molar-refractivity contribution in [3.63, 3.8) is 0 Å². The molecule has 3 fully saturated rings. The van der Waals surface area contributed by atoms with E-state index in [1.165, 1.54) is 0 Å². The molecule has 1 aliphatic carbocycles. The van der Waals surface area contributed by atoms with E-state index < -0.39 is 14.0 Å². The van der Waals surface area contributed by atoms with Crippen molar-refractivity contribution in [3.8, 4) is 0 Å². The molecule has 6 heteroatoms. The first-order chi connectivity index (χ1) is 8.04. The first kappa shape index (κ1) is 13.0. The fourth-order valence-electron chi connectivity index (χ4n) is 3.04. The maximum absolute atomic E-state index is 6.04. The van der Waals surface area contributed by atoms with Crippen LogP contribution in [0.2, 0.25) is 0 Å². The molecule has 4 nitrogen and oxygen atoms in total. The van der Waals surface area contributed by atoms with Gasteiger partial charge in [0.05, 0.1) is 22.4 Å². The van der Waals surface area contributed by atoms with Crippen LogP contribution in [-0.4, -0.2) is 36.4 Å². The molecule has 0 aromatic carbocycles. The fourth-order valence-corrected chi connectivity index (χ4v) is 3.04. The summed E-state index contributed by atoms with van der Waals surface area (Å²) in [6, 6.07) is 0. The lowest BCUT2D eigenvalue weighted by molar-refractivity contribution is 0.00578. The van der Waals surface area contributed by atoms with E-state index in [0.29, 0.717) is 5.92 Å². The molecule has 2 atom stereocenters. The maximum Gasteiger partial charge on any atom is 0.489 e. The van der Waals surface area contributed by atoms with Gasteiger partial charge in [0.1, 0.15) is 0 Å². The molecule has 0 aromatic heterocycles. The highest BCUT2D eigenvalue weighted by atomic mass is 16.7. The lowest BCUT2D eigenvalue weighted by Crippen LogP contribution is -2.44. The van der Waals surface area contributed by atoms with E-state index in [9.17, 15) is 0 Å². The zero-order valence-electron chi connectivity index (χ0n) is 12.4. The summed E-state index contributed by atoms with van der Waals surface area (Å²) in [5.74, 6) is 0.420. The Labute approximate surface area is 110 Å². The van der Waals surface area contributed by atoms with Crippen LogP contribution < -0.4 is 0 Å². The lowest BCUT2D eigenvalue weighted by atomic mass is 9.48. The molecule has 1 saturated carbocycles. The Kier molecular flexibility index (Phi) is 2.28. The third-order valence-electron chi connectivity index (χ3n) is 5.77. The Bertz CT molecular complexity index is 366. The van der Waals surface area contributed by atoms with Crippen molar-refractivity contribution >= 4 is 14.0 Å². The van der Waals surface area contributed by atoms with Gasteiger partial charge in [0.15, 0.2) is 0 Å². The summed E-state index contributed by atoms with van der Waals surface area (Å²) in [4.78, 5) is 0. The van der Waals surface area contributed by atoms with Crippen LogP contribution in [-0.2, 0) is 18.6 Å². The van der Waals surface area contributed by atoms with Gasteiger partial charge >= 0.3 is 14.0 Å². The maximum atomic E-state index is 6.04. The van der Waals surface area contributed by atoms with Crippen LogP contribution in [0.3, 0.4) is 0 Å². The number of rotatable bonds is 1. The minimum absolute atomic E-state index is 0.193. The molecule has 18 heavy (non-hydrogen) atoms. The van der Waals surface area contributed by atoms with E-state index in [1.54, 1.807) is 0 Å². The zero-order chi connectivity index (χ0) is 13.6. The summed E-state index contributed by atoms with van der Waals surface area (Å²) in [6.07, 6.45) is 0. The van der Waals surface area contributed by atoms with Crippen LogP contribution in [0.4, 0.5) is 0 Å². The van der Waals surface area contributed by atoms with Gasteiger partial charge in [-0.15, -0.1) is 0 Å². The van der Waals surface area contributed by atoms with E-state index in [2.05, 4.69) is 20.8 Å². The monoisotopic (exact) mass is 252 g/mol. The minimum Gasteiger partial charge on any atom is -0.405 e. The minimum atomic E-state index is -0.441. The summed E-state index contributed by atoms with van der Waals surface area (Å²) in [5.41, 5.74) is -1.07. The SMILES string of the molecule is CC1C2(C)OB(B3OC(C)(C)C(C)(C)O3)OC12C. The molecule has 0 bridgehead atoms. The van der Waals surface area contributed by atoms with Gasteiger partial charge in [0, 0.05) is 5.92 Å². The van der Waals surface area contributed by atoms with Crippen LogP contribution in [0.5, 0.6) is 0 Å². The second-order valence-electron chi connectivity index (χ2n) is 7.16. The molecule has 100 valence electrons. The average Bonchev–Trinajstić information content (AvgIpc) is 2.50. The third kappa shape index (κ3) is 1.33. The van der Waals surface area contributed by atoms with E-state index in [4.69, 9.17) is 18.6 Å². The third-order valence-corrected chi connectivity index (χ3v) is 5.77. The number of hydrogen-bond acceptors (Lipinski definition) is 4. The van der Waals surface area contributed by atoms with Gasteiger partial charge in [0.25, 0.3) is 0 Å². The second-order valence-corrected chi connectivity index (χ2v) is 7.16. The van der Waals surface area contributed by atoms with Gasteiger partial charge in [-0.1, -0.05) is 6.92 Å². The fraction of sp³-hybridized carbons (Fsp3) is 1.00. The molecule has 3 rings (SSSR count). The van der Waals surface area contributed by atoms with Crippen molar-refractivity contribution < 1.29 is 18.6 Å². The van der Waals surface area contributed by atoms with Crippen LogP contribution in [0.15, 0.2) is 0 Å². The van der Waals surface area contributed by atoms with Crippen molar-refractivity contribution in [2.24, 2.45) is 5.92 Å². The summed E-state index contributed by atoms with van der Waals surface area (Å²) >= 11 is 0. The molecule has 0 spiro atoms. The molecule has 0 N–H and O–H groups in total. The first-order valence-electron chi connectivity index (χ1n) is 6.75. The van der Waals surface area contributed by atoms with Crippen molar-refractivity contribution in [2.45, 2.75) is 70.9 Å². The Morgan fingerprint density at radius 3 is 1.39 bits per heavy atom. The molecule has 2 saturated heterocycles. The van der Waals surface area contributed by atoms with Gasteiger partial charge in [-0.2, -0.15) is 0 Å². The van der Waals surface area contributed by atoms with Crippen molar-refractivity contribution in [2.75, 3.05) is 0 Å². The molecule has 0 aromatic rings. The smallest absolute Gasteiger partial charge is 0.405 e. The Morgan fingerprint density at radius 1 is 0.667 bits per heavy atom. The zero-order valence-corrected chi connectivity index (χ0v) is 12.4. The van der Waals surface area contributed by atoms with Crippen LogP contribution in [0.25, 0.3) is 0 Å². The quantitative estimate of drug-likeness (QED) is 0.667. The topological polar surface area (TPSA) is 36.9 Å². The van der Waals surface area contributed by atoms with E-state index in [1.807, 2.05) is 27.7 Å². The molecule has 0 radical (unpaired) electrons. The van der Waals surface area contributed by atoms with Crippen LogP contribution in [0, 0.1) is 5.92 Å². The second kappa shape index (κ2) is 3.17. The number of hydrogen-bond donors (Lipinski definition) is 0. The molecule has 2 heterocycles. The van der Waals surface area contributed by atoms with E-state index in [-0.39, 0.29) is 22.4 Å². The Hall–Kier alpha value is -0.0301. The predicted molar refractivity (Wildman–Crippen MR) is 70.0 cm³/mol. The van der Waals surface area contributed by atoms with Gasteiger partial charge < -0.3 is 18.6 Å². The highest BCUT2D eigenvalue weighted by Crippen LogP contribution is 2.63. The normalized spacial score (nSPS) is 48.5. The van der Waals surface area contributed by atoms with Gasteiger partial charge in [-0.3, -0.25) is 0 Å². The molecule has 0 amide bonds. The van der Waals surface area contributed by atoms with Crippen molar-refractivity contribution in [3.05, 3.63) is 0 Å². The molecular weight excluding hydrogens is 230 g/mol. The van der Waals surface area contributed by atoms with Crippen LogP contribution >= 0.6 is 0 Å². The van der Waals surface area contributed by atoms with Gasteiger partial charge in [-0.05, 0) is 41.5 Å². The predicted octanol–water partition coefficient (Wildman–Crippen LogP) is 1.86. The Morgan fingerprint density at radius 2 is 1.00 bits per heavy atom. The Balaban J connectivity index is 1.74. The van der Waals surface area contributed by atoms with E-state index >= 15 is 0 Å². The molecule has 2 aliphatic heterocycles. The lowest BCUT2D eigenvalue weighted by Gasteiger charge is -2.32. The standard InChI is InChI=1S/C12H22B2O4/c1-8-11(6)12(8,7)18-14(17-11)13-15-9(2,3)10(4,5)16-13/h8H,1-7H3. The van der Waals surface area contributed by atoms with Crippen molar-refractivity contribution in [1.29, 1.82) is 0 Å². The highest BCUT2D eigenvalue weighted by Gasteiger charge is 2.79. The van der Waals surface area contributed by atoms with E-state index in [0.717, 1.165) is 0 Å². The summed E-state index contributed by atoms with van der Waals surface area (Å²) in [5, 5.41) is 0. The van der Waals surface area contributed by atoms with Gasteiger partial charge in [-0.25, -0.2) is 0 Å².